The van der Waals surface area contributed by atoms with Crippen LogP contribution in [0.4, 0.5) is 5.69 Å². The molecular formula is C18H29N3O. The van der Waals surface area contributed by atoms with Gasteiger partial charge in [0.1, 0.15) is 0 Å². The first kappa shape index (κ1) is 17.0. The van der Waals surface area contributed by atoms with Crippen molar-refractivity contribution >= 4 is 11.6 Å². The van der Waals surface area contributed by atoms with Crippen molar-refractivity contribution in [3.63, 3.8) is 0 Å². The number of nitrogens with one attached hydrogen (secondary N) is 2. The van der Waals surface area contributed by atoms with Gasteiger partial charge in [0.05, 0.1) is 6.54 Å². The number of carbonyl (C=O) groups excluding carboxylic acids is 1. The number of hydrogen-bond acceptors (Lipinski definition) is 3. The van der Waals surface area contributed by atoms with E-state index in [1.807, 2.05) is 19.2 Å². The highest BCUT2D eigenvalue weighted by molar-refractivity contribution is 5.92. The van der Waals surface area contributed by atoms with E-state index in [-0.39, 0.29) is 5.91 Å². The zero-order valence-electron chi connectivity index (χ0n) is 14.1. The fourth-order valence-electron chi connectivity index (χ4n) is 3.23. The molecule has 1 aliphatic heterocycles. The molecule has 0 aliphatic carbocycles. The van der Waals surface area contributed by atoms with Crippen molar-refractivity contribution in [2.75, 3.05) is 38.5 Å². The van der Waals surface area contributed by atoms with Crippen molar-refractivity contribution in [1.29, 1.82) is 0 Å². The van der Waals surface area contributed by atoms with Crippen LogP contribution in [-0.4, -0.2) is 44.0 Å². The number of likely N-dealkylation sites (tertiary alicyclic amines) is 1. The number of amides is 1. The molecule has 0 radical (unpaired) electrons. The number of rotatable bonds is 6. The second kappa shape index (κ2) is 8.30. The monoisotopic (exact) mass is 303 g/mol. The molecule has 4 nitrogen and oxygen atoms in total. The highest BCUT2D eigenvalue weighted by Crippen LogP contribution is 2.20. The van der Waals surface area contributed by atoms with Crippen molar-refractivity contribution < 1.29 is 4.79 Å². The summed E-state index contributed by atoms with van der Waals surface area (Å²) in [6.45, 7) is 7.78. The minimum absolute atomic E-state index is 0.0960. The van der Waals surface area contributed by atoms with Gasteiger partial charge in [-0.3, -0.25) is 9.69 Å². The Balaban J connectivity index is 1.76. The van der Waals surface area contributed by atoms with E-state index in [1.165, 1.54) is 30.4 Å². The quantitative estimate of drug-likeness (QED) is 0.849. The van der Waals surface area contributed by atoms with Crippen molar-refractivity contribution in [2.45, 2.75) is 33.1 Å². The second-order valence-electron chi connectivity index (χ2n) is 6.54. The van der Waals surface area contributed by atoms with Crippen LogP contribution in [0, 0.1) is 19.8 Å². The van der Waals surface area contributed by atoms with Gasteiger partial charge in [-0.15, -0.1) is 0 Å². The van der Waals surface area contributed by atoms with E-state index >= 15 is 0 Å². The SMILES string of the molecule is CNCCC1CCN(CC(=O)Nc2cc(C)cc(C)c2)CC1. The maximum atomic E-state index is 12.2. The highest BCUT2D eigenvalue weighted by atomic mass is 16.2. The summed E-state index contributed by atoms with van der Waals surface area (Å²) in [5.74, 6) is 0.907. The van der Waals surface area contributed by atoms with Crippen LogP contribution in [0.1, 0.15) is 30.4 Å². The molecule has 1 aromatic carbocycles. The summed E-state index contributed by atoms with van der Waals surface area (Å²) < 4.78 is 0. The Bertz CT molecular complexity index is 473. The van der Waals surface area contributed by atoms with Crippen LogP contribution in [0.3, 0.4) is 0 Å². The van der Waals surface area contributed by atoms with Gasteiger partial charge in [-0.25, -0.2) is 0 Å². The first-order valence-electron chi connectivity index (χ1n) is 8.32. The molecule has 0 atom stereocenters. The lowest BCUT2D eigenvalue weighted by atomic mass is 9.93. The molecule has 2 N–H and O–H groups in total. The lowest BCUT2D eigenvalue weighted by Gasteiger charge is -2.31. The number of nitrogens with zero attached hydrogens (tertiary/aromatic N) is 1. The number of hydrogen-bond donors (Lipinski definition) is 2. The summed E-state index contributed by atoms with van der Waals surface area (Å²) in [5, 5.41) is 6.24. The Morgan fingerprint density at radius 1 is 1.18 bits per heavy atom. The fraction of sp³-hybridized carbons (Fsp3) is 0.611. The van der Waals surface area contributed by atoms with Crippen LogP contribution in [0.25, 0.3) is 0 Å². The minimum atomic E-state index is 0.0960. The Kier molecular flexibility index (Phi) is 6.40. The molecule has 1 heterocycles. The third kappa shape index (κ3) is 5.43. The molecule has 4 heteroatoms. The predicted molar refractivity (Wildman–Crippen MR) is 92.3 cm³/mol. The van der Waals surface area contributed by atoms with Crippen LogP contribution in [0.2, 0.25) is 0 Å². The molecule has 0 bridgehead atoms. The minimum Gasteiger partial charge on any atom is -0.325 e. The zero-order chi connectivity index (χ0) is 15.9. The van der Waals surface area contributed by atoms with E-state index in [9.17, 15) is 4.79 Å². The molecule has 0 saturated carbocycles. The molecular weight excluding hydrogens is 274 g/mol. The Hall–Kier alpha value is -1.39. The molecule has 1 fully saturated rings. The van der Waals surface area contributed by atoms with Crippen LogP contribution in [0.5, 0.6) is 0 Å². The average Bonchev–Trinajstić information content (AvgIpc) is 2.45. The van der Waals surface area contributed by atoms with Gasteiger partial charge in [0.2, 0.25) is 5.91 Å². The smallest absolute Gasteiger partial charge is 0.238 e. The summed E-state index contributed by atoms with van der Waals surface area (Å²) in [7, 11) is 2.01. The lowest BCUT2D eigenvalue weighted by molar-refractivity contribution is -0.117. The molecule has 2 rings (SSSR count). The first-order valence-corrected chi connectivity index (χ1v) is 8.32. The number of anilines is 1. The summed E-state index contributed by atoms with van der Waals surface area (Å²) >= 11 is 0. The molecule has 1 aliphatic rings. The van der Waals surface area contributed by atoms with Gasteiger partial charge < -0.3 is 10.6 Å². The second-order valence-corrected chi connectivity index (χ2v) is 6.54. The molecule has 122 valence electrons. The third-order valence-corrected chi connectivity index (χ3v) is 4.38. The standard InChI is InChI=1S/C18H29N3O/c1-14-10-15(2)12-17(11-14)20-18(22)13-21-8-5-16(6-9-21)4-7-19-3/h10-12,16,19H,4-9,13H2,1-3H3,(H,20,22). The van der Waals surface area contributed by atoms with Gasteiger partial charge in [-0.05, 0) is 89.0 Å². The van der Waals surface area contributed by atoms with E-state index in [2.05, 4.69) is 35.4 Å². The van der Waals surface area contributed by atoms with Gasteiger partial charge in [0.15, 0.2) is 0 Å². The predicted octanol–water partition coefficient (Wildman–Crippen LogP) is 2.56. The van der Waals surface area contributed by atoms with Crippen molar-refractivity contribution in [3.05, 3.63) is 29.3 Å². The van der Waals surface area contributed by atoms with E-state index in [0.717, 1.165) is 31.2 Å². The average molecular weight is 303 g/mol. The maximum absolute atomic E-state index is 12.2. The van der Waals surface area contributed by atoms with Crippen molar-refractivity contribution in [3.8, 4) is 0 Å². The maximum Gasteiger partial charge on any atom is 0.238 e. The number of piperidine rings is 1. The van der Waals surface area contributed by atoms with E-state index < -0.39 is 0 Å². The van der Waals surface area contributed by atoms with Crippen LogP contribution in [-0.2, 0) is 4.79 Å². The first-order chi connectivity index (χ1) is 10.6. The van der Waals surface area contributed by atoms with Gasteiger partial charge in [0, 0.05) is 5.69 Å². The summed E-state index contributed by atoms with van der Waals surface area (Å²) in [5.41, 5.74) is 3.27. The van der Waals surface area contributed by atoms with Crippen LogP contribution >= 0.6 is 0 Å². The van der Waals surface area contributed by atoms with E-state index in [1.54, 1.807) is 0 Å². The summed E-state index contributed by atoms with van der Waals surface area (Å²) in [6, 6.07) is 6.16. The van der Waals surface area contributed by atoms with Crippen LogP contribution in [0.15, 0.2) is 18.2 Å². The Labute approximate surface area is 134 Å². The fourth-order valence-corrected chi connectivity index (χ4v) is 3.23. The summed E-state index contributed by atoms with van der Waals surface area (Å²) in [6.07, 6.45) is 3.66. The number of carbonyl (C=O) groups is 1. The van der Waals surface area contributed by atoms with Crippen LogP contribution < -0.4 is 10.6 Å². The molecule has 0 unspecified atom stereocenters. The van der Waals surface area contributed by atoms with Gasteiger partial charge >= 0.3 is 0 Å². The van der Waals surface area contributed by atoms with Gasteiger partial charge in [-0.1, -0.05) is 6.07 Å². The van der Waals surface area contributed by atoms with Crippen molar-refractivity contribution in [2.24, 2.45) is 5.92 Å². The lowest BCUT2D eigenvalue weighted by Crippen LogP contribution is -2.39. The molecule has 0 aromatic heterocycles. The van der Waals surface area contributed by atoms with Gasteiger partial charge in [0.25, 0.3) is 0 Å². The highest BCUT2D eigenvalue weighted by Gasteiger charge is 2.20. The molecule has 22 heavy (non-hydrogen) atoms. The molecule has 0 spiro atoms. The normalized spacial score (nSPS) is 16.7. The summed E-state index contributed by atoms with van der Waals surface area (Å²) in [4.78, 5) is 14.5. The number of aryl methyl sites for hydroxylation is 2. The number of benzene rings is 1. The largest absolute Gasteiger partial charge is 0.325 e. The molecule has 1 amide bonds. The topological polar surface area (TPSA) is 44.4 Å². The van der Waals surface area contributed by atoms with E-state index in [4.69, 9.17) is 0 Å². The molecule has 1 aromatic rings. The Morgan fingerprint density at radius 2 is 1.82 bits per heavy atom. The molecule has 1 saturated heterocycles. The third-order valence-electron chi connectivity index (χ3n) is 4.38. The van der Waals surface area contributed by atoms with Gasteiger partial charge in [-0.2, -0.15) is 0 Å². The van der Waals surface area contributed by atoms with Crippen molar-refractivity contribution in [1.82, 2.24) is 10.2 Å². The zero-order valence-corrected chi connectivity index (χ0v) is 14.1. The Morgan fingerprint density at radius 3 is 2.41 bits per heavy atom. The van der Waals surface area contributed by atoms with E-state index in [0.29, 0.717) is 6.54 Å².